The Labute approximate surface area is 203 Å². The summed E-state index contributed by atoms with van der Waals surface area (Å²) in [6, 6.07) is 12.7. The van der Waals surface area contributed by atoms with Crippen molar-refractivity contribution < 1.29 is 4.79 Å². The number of amides is 1. The minimum absolute atomic E-state index is 0.0190. The third-order valence-corrected chi connectivity index (χ3v) is 6.07. The molecule has 1 amide bonds. The monoisotopic (exact) mass is 482 g/mol. The largest absolute Gasteiger partial charge is 0.352 e. The molecule has 3 aromatic rings. The summed E-state index contributed by atoms with van der Waals surface area (Å²) in [5.41, 5.74) is 3.56. The van der Waals surface area contributed by atoms with E-state index in [9.17, 15) is 4.79 Å². The summed E-state index contributed by atoms with van der Waals surface area (Å²) in [6.07, 6.45) is 1.67. The van der Waals surface area contributed by atoms with Crippen LogP contribution in [0.5, 0.6) is 0 Å². The molecule has 7 nitrogen and oxygen atoms in total. The number of anilines is 3. The molecular weight excluding hydrogens is 459 g/mol. The van der Waals surface area contributed by atoms with Gasteiger partial charge in [0, 0.05) is 37.0 Å². The Kier molecular flexibility index (Phi) is 6.81. The topological polar surface area (TPSA) is 73.7 Å². The van der Waals surface area contributed by atoms with Crippen LogP contribution >= 0.6 is 23.2 Å². The molecule has 1 aromatic heterocycles. The first-order valence-corrected chi connectivity index (χ1v) is 11.4. The zero-order valence-electron chi connectivity index (χ0n) is 18.6. The highest BCUT2D eigenvalue weighted by molar-refractivity contribution is 6.40. The molecule has 0 fully saturated rings. The summed E-state index contributed by atoms with van der Waals surface area (Å²) < 4.78 is 0. The van der Waals surface area contributed by atoms with Crippen molar-refractivity contribution in [2.45, 2.75) is 13.8 Å². The highest BCUT2D eigenvalue weighted by Gasteiger charge is 2.23. The lowest BCUT2D eigenvalue weighted by Crippen LogP contribution is -2.30. The van der Waals surface area contributed by atoms with Crippen LogP contribution in [0.1, 0.15) is 29.8 Å². The molecule has 4 rings (SSSR count). The molecule has 2 aromatic carbocycles. The van der Waals surface area contributed by atoms with E-state index in [4.69, 9.17) is 28.2 Å². The highest BCUT2D eigenvalue weighted by Crippen LogP contribution is 2.34. The first-order valence-electron chi connectivity index (χ1n) is 10.7. The van der Waals surface area contributed by atoms with Gasteiger partial charge in [-0.2, -0.15) is 4.98 Å². The maximum atomic E-state index is 12.5. The third kappa shape index (κ3) is 4.79. The third-order valence-electron chi connectivity index (χ3n) is 5.44. The van der Waals surface area contributed by atoms with Gasteiger partial charge in [-0.15, -0.1) is 0 Å². The van der Waals surface area contributed by atoms with Crippen molar-refractivity contribution in [3.63, 3.8) is 0 Å². The van der Waals surface area contributed by atoms with Crippen molar-refractivity contribution in [2.75, 3.05) is 36.9 Å². The number of carbonyl (C=O) groups is 1. The first-order chi connectivity index (χ1) is 15.9. The number of aliphatic imine (C=N–C) groups is 1. The van der Waals surface area contributed by atoms with Crippen molar-refractivity contribution in [1.29, 1.82) is 0 Å². The summed E-state index contributed by atoms with van der Waals surface area (Å²) in [4.78, 5) is 30.0. The molecule has 0 aliphatic carbocycles. The van der Waals surface area contributed by atoms with E-state index in [0.717, 1.165) is 17.0 Å². The molecule has 0 saturated heterocycles. The van der Waals surface area contributed by atoms with Crippen LogP contribution in [0.3, 0.4) is 0 Å². The van der Waals surface area contributed by atoms with Crippen LogP contribution in [-0.2, 0) is 0 Å². The molecule has 0 atom stereocenters. The first kappa shape index (κ1) is 23.0. The van der Waals surface area contributed by atoms with Gasteiger partial charge in [-0.25, -0.2) is 9.98 Å². The van der Waals surface area contributed by atoms with Gasteiger partial charge in [0.25, 0.3) is 5.91 Å². The molecular formula is C24H24Cl2N6O. The summed E-state index contributed by atoms with van der Waals surface area (Å²) in [6.45, 7) is 5.81. The molecule has 9 heteroatoms. The zero-order valence-corrected chi connectivity index (χ0v) is 20.2. The average molecular weight is 483 g/mol. The Morgan fingerprint density at radius 2 is 1.76 bits per heavy atom. The van der Waals surface area contributed by atoms with E-state index in [2.05, 4.69) is 15.3 Å². The molecule has 0 unspecified atom stereocenters. The van der Waals surface area contributed by atoms with E-state index in [-0.39, 0.29) is 5.91 Å². The van der Waals surface area contributed by atoms with Crippen LogP contribution in [0, 0.1) is 0 Å². The summed E-state index contributed by atoms with van der Waals surface area (Å²) >= 11 is 12.7. The molecule has 0 radical (unpaired) electrons. The summed E-state index contributed by atoms with van der Waals surface area (Å²) in [5, 5.41) is 4.31. The van der Waals surface area contributed by atoms with Crippen LogP contribution < -0.4 is 10.2 Å². The fourth-order valence-corrected chi connectivity index (χ4v) is 4.31. The van der Waals surface area contributed by atoms with Crippen LogP contribution in [0.15, 0.2) is 53.7 Å². The number of hydrogen-bond donors (Lipinski definition) is 1. The number of aromatic nitrogens is 2. The SMILES string of the molecule is CCN(CC)C(=O)c1ccc(Nc2ncc3c(n2)N(C)CC(c2c(Cl)cccc2Cl)=N3)cc1. The van der Waals surface area contributed by atoms with Gasteiger partial charge in [0.2, 0.25) is 5.95 Å². The van der Waals surface area contributed by atoms with E-state index >= 15 is 0 Å². The molecule has 170 valence electrons. The number of benzene rings is 2. The number of nitrogens with one attached hydrogen (secondary N) is 1. The number of nitrogens with zero attached hydrogens (tertiary/aromatic N) is 5. The maximum Gasteiger partial charge on any atom is 0.253 e. The van der Waals surface area contributed by atoms with Crippen LogP contribution in [-0.4, -0.2) is 53.2 Å². The van der Waals surface area contributed by atoms with Gasteiger partial charge in [0.1, 0.15) is 5.69 Å². The second-order valence-corrected chi connectivity index (χ2v) is 8.41. The Bertz CT molecular complexity index is 1190. The number of likely N-dealkylation sites (N-methyl/N-ethyl adjacent to an activating group) is 1. The van der Waals surface area contributed by atoms with Gasteiger partial charge in [-0.1, -0.05) is 29.3 Å². The minimum Gasteiger partial charge on any atom is -0.352 e. The normalized spacial score (nSPS) is 12.8. The van der Waals surface area contributed by atoms with E-state index < -0.39 is 0 Å². The lowest BCUT2D eigenvalue weighted by molar-refractivity contribution is 0.0773. The van der Waals surface area contributed by atoms with Crippen molar-refractivity contribution in [3.8, 4) is 0 Å². The zero-order chi connectivity index (χ0) is 23.5. The fourth-order valence-electron chi connectivity index (χ4n) is 3.69. The van der Waals surface area contributed by atoms with Crippen molar-refractivity contribution in [2.24, 2.45) is 4.99 Å². The van der Waals surface area contributed by atoms with Crippen molar-refractivity contribution >= 4 is 58.0 Å². The van der Waals surface area contributed by atoms with E-state index in [1.165, 1.54) is 0 Å². The summed E-state index contributed by atoms with van der Waals surface area (Å²) in [7, 11) is 1.93. The summed E-state index contributed by atoms with van der Waals surface area (Å²) in [5.74, 6) is 1.16. The predicted octanol–water partition coefficient (Wildman–Crippen LogP) is 5.58. The van der Waals surface area contributed by atoms with Crippen LogP contribution in [0.25, 0.3) is 0 Å². The van der Waals surface area contributed by atoms with Crippen LogP contribution in [0.4, 0.5) is 23.1 Å². The smallest absolute Gasteiger partial charge is 0.253 e. The molecule has 2 heterocycles. The Balaban J connectivity index is 1.55. The molecule has 1 aliphatic heterocycles. The standard InChI is InChI=1S/C24H24Cl2N6O/c1-4-32(5-2)23(33)15-9-11-16(12-10-15)28-24-27-13-19-22(30-24)31(3)14-20(29-19)21-17(25)7-6-8-18(21)26/h6-13H,4-5,14H2,1-3H3,(H,27,28,30). The van der Waals surface area contributed by atoms with Crippen molar-refractivity contribution in [3.05, 3.63) is 69.8 Å². The van der Waals surface area contributed by atoms with Gasteiger partial charge >= 0.3 is 0 Å². The highest BCUT2D eigenvalue weighted by atomic mass is 35.5. The van der Waals surface area contributed by atoms with E-state index in [0.29, 0.717) is 52.7 Å². The second kappa shape index (κ2) is 9.77. The molecule has 0 bridgehead atoms. The van der Waals surface area contributed by atoms with E-state index in [1.807, 2.05) is 44.0 Å². The second-order valence-electron chi connectivity index (χ2n) is 7.59. The number of hydrogen-bond acceptors (Lipinski definition) is 6. The molecule has 1 aliphatic rings. The van der Waals surface area contributed by atoms with Crippen LogP contribution in [0.2, 0.25) is 10.0 Å². The number of fused-ring (bicyclic) bond motifs is 1. The quantitative estimate of drug-likeness (QED) is 0.496. The number of rotatable bonds is 6. The maximum absolute atomic E-state index is 12.5. The number of halogens is 2. The van der Waals surface area contributed by atoms with Gasteiger partial charge < -0.3 is 15.1 Å². The number of carbonyl (C=O) groups excluding carboxylic acids is 1. The van der Waals surface area contributed by atoms with Gasteiger partial charge in [0.05, 0.1) is 28.5 Å². The average Bonchev–Trinajstić information content (AvgIpc) is 2.80. The molecule has 33 heavy (non-hydrogen) atoms. The predicted molar refractivity (Wildman–Crippen MR) is 135 cm³/mol. The Morgan fingerprint density at radius 3 is 2.39 bits per heavy atom. The minimum atomic E-state index is 0.0190. The molecule has 1 N–H and O–H groups in total. The molecule has 0 saturated carbocycles. The lowest BCUT2D eigenvalue weighted by Gasteiger charge is -2.26. The lowest BCUT2D eigenvalue weighted by atomic mass is 10.1. The van der Waals surface area contributed by atoms with E-state index in [1.54, 1.807) is 35.4 Å². The van der Waals surface area contributed by atoms with Crippen molar-refractivity contribution in [1.82, 2.24) is 14.9 Å². The van der Waals surface area contributed by atoms with Gasteiger partial charge in [-0.05, 0) is 50.2 Å². The van der Waals surface area contributed by atoms with Gasteiger partial charge in [-0.3, -0.25) is 4.79 Å². The fraction of sp³-hybridized carbons (Fsp3) is 0.250. The molecule has 0 spiro atoms. The Morgan fingerprint density at radius 1 is 1.09 bits per heavy atom. The Hall–Kier alpha value is -3.16. The van der Waals surface area contributed by atoms with Gasteiger partial charge in [0.15, 0.2) is 5.82 Å².